The van der Waals surface area contributed by atoms with E-state index in [1.165, 1.54) is 0 Å². The molecule has 0 spiro atoms. The average molecular weight is 325 g/mol. The van der Waals surface area contributed by atoms with Gasteiger partial charge in [0.2, 0.25) is 5.91 Å². The quantitative estimate of drug-likeness (QED) is 0.874. The van der Waals surface area contributed by atoms with Crippen molar-refractivity contribution < 1.29 is 9.53 Å². The van der Waals surface area contributed by atoms with Gasteiger partial charge in [-0.2, -0.15) is 0 Å². The third-order valence-electron chi connectivity index (χ3n) is 4.12. The normalized spacial score (nSPS) is 18.1. The molecule has 122 valence electrons. The number of likely N-dealkylation sites (tertiary alicyclic amines) is 1. The predicted octanol–water partition coefficient (Wildman–Crippen LogP) is 2.70. The maximum atomic E-state index is 12.2. The van der Waals surface area contributed by atoms with Crippen LogP contribution < -0.4 is 5.32 Å². The van der Waals surface area contributed by atoms with Gasteiger partial charge in [0, 0.05) is 30.6 Å². The lowest BCUT2D eigenvalue weighted by Crippen LogP contribution is -2.44. The van der Waals surface area contributed by atoms with E-state index in [0.29, 0.717) is 6.61 Å². The molecule has 1 atom stereocenters. The maximum Gasteiger partial charge on any atom is 0.223 e. The first kappa shape index (κ1) is 17.3. The zero-order valence-corrected chi connectivity index (χ0v) is 14.1. The molecular formula is C17H25ClN2O2. The lowest BCUT2D eigenvalue weighted by atomic mass is 9.95. The minimum Gasteiger partial charge on any atom is -0.383 e. The number of ether oxygens (including phenoxy) is 1. The molecule has 1 aliphatic heterocycles. The van der Waals surface area contributed by atoms with Gasteiger partial charge in [0.25, 0.3) is 0 Å². The van der Waals surface area contributed by atoms with Crippen molar-refractivity contribution >= 4 is 17.5 Å². The van der Waals surface area contributed by atoms with Crippen LogP contribution in [0.15, 0.2) is 24.3 Å². The van der Waals surface area contributed by atoms with E-state index in [2.05, 4.69) is 16.3 Å². The van der Waals surface area contributed by atoms with Gasteiger partial charge in [-0.05, 0) is 44.5 Å². The standard InChI is InChI=1S/C17H25ClN2O2/c1-13(12-22-2)19-17(21)14-7-9-20(10-8-14)11-15-5-3-4-6-16(15)18/h3-6,13-14H,7-12H2,1-2H3,(H,19,21). The van der Waals surface area contributed by atoms with Crippen molar-refractivity contribution in [1.29, 1.82) is 0 Å². The Morgan fingerprint density at radius 1 is 1.41 bits per heavy atom. The number of halogens is 1. The van der Waals surface area contributed by atoms with Crippen molar-refractivity contribution in [2.24, 2.45) is 5.92 Å². The summed E-state index contributed by atoms with van der Waals surface area (Å²) in [5.74, 6) is 0.267. The first-order valence-corrected chi connectivity index (χ1v) is 8.23. The van der Waals surface area contributed by atoms with Crippen LogP contribution in [0, 0.1) is 5.92 Å². The Morgan fingerprint density at radius 2 is 2.09 bits per heavy atom. The first-order chi connectivity index (χ1) is 10.6. The molecule has 0 bridgehead atoms. The van der Waals surface area contributed by atoms with Crippen molar-refractivity contribution in [2.75, 3.05) is 26.8 Å². The molecule has 4 nitrogen and oxygen atoms in total. The molecule has 1 saturated heterocycles. The van der Waals surface area contributed by atoms with Gasteiger partial charge in [-0.25, -0.2) is 0 Å². The lowest BCUT2D eigenvalue weighted by Gasteiger charge is -2.32. The molecule has 1 N–H and O–H groups in total. The van der Waals surface area contributed by atoms with Crippen LogP contribution in [0.3, 0.4) is 0 Å². The minimum absolute atomic E-state index is 0.0682. The third kappa shape index (κ3) is 4.97. The van der Waals surface area contributed by atoms with Gasteiger partial charge in [0.15, 0.2) is 0 Å². The van der Waals surface area contributed by atoms with E-state index < -0.39 is 0 Å². The van der Waals surface area contributed by atoms with Crippen LogP contribution in [0.5, 0.6) is 0 Å². The van der Waals surface area contributed by atoms with E-state index >= 15 is 0 Å². The van der Waals surface area contributed by atoms with E-state index in [-0.39, 0.29) is 17.9 Å². The zero-order valence-electron chi connectivity index (χ0n) is 13.3. The molecule has 0 radical (unpaired) electrons. The number of nitrogens with zero attached hydrogens (tertiary/aromatic N) is 1. The highest BCUT2D eigenvalue weighted by molar-refractivity contribution is 6.31. The highest BCUT2D eigenvalue weighted by atomic mass is 35.5. The molecule has 1 aromatic carbocycles. The summed E-state index contributed by atoms with van der Waals surface area (Å²) in [6.45, 7) is 5.24. The van der Waals surface area contributed by atoms with Crippen LogP contribution in [-0.4, -0.2) is 43.7 Å². The summed E-state index contributed by atoms with van der Waals surface area (Å²) in [6.07, 6.45) is 1.80. The largest absolute Gasteiger partial charge is 0.383 e. The van der Waals surface area contributed by atoms with E-state index in [4.69, 9.17) is 16.3 Å². The highest BCUT2D eigenvalue weighted by Gasteiger charge is 2.25. The fraction of sp³-hybridized carbons (Fsp3) is 0.588. The molecule has 1 unspecified atom stereocenters. The number of carbonyl (C=O) groups is 1. The lowest BCUT2D eigenvalue weighted by molar-refractivity contribution is -0.127. The molecule has 1 fully saturated rings. The predicted molar refractivity (Wildman–Crippen MR) is 88.9 cm³/mol. The number of piperidine rings is 1. The number of nitrogens with one attached hydrogen (secondary N) is 1. The molecule has 22 heavy (non-hydrogen) atoms. The molecule has 1 aromatic rings. The van der Waals surface area contributed by atoms with Gasteiger partial charge in [0.1, 0.15) is 0 Å². The number of amides is 1. The second kappa shape index (κ2) is 8.51. The molecule has 1 aliphatic rings. The van der Waals surface area contributed by atoms with Crippen LogP contribution in [0.2, 0.25) is 5.02 Å². The molecular weight excluding hydrogens is 300 g/mol. The monoisotopic (exact) mass is 324 g/mol. The number of hydrogen-bond donors (Lipinski definition) is 1. The van der Waals surface area contributed by atoms with Crippen LogP contribution in [0.1, 0.15) is 25.3 Å². The number of rotatable bonds is 6. The molecule has 1 heterocycles. The summed E-state index contributed by atoms with van der Waals surface area (Å²) in [7, 11) is 1.65. The Hall–Kier alpha value is -1.10. The Balaban J connectivity index is 1.78. The van der Waals surface area contributed by atoms with E-state index in [1.54, 1.807) is 7.11 Å². The van der Waals surface area contributed by atoms with Crippen molar-refractivity contribution in [3.05, 3.63) is 34.9 Å². The number of hydrogen-bond acceptors (Lipinski definition) is 3. The molecule has 5 heteroatoms. The summed E-state index contributed by atoms with van der Waals surface area (Å²) < 4.78 is 5.05. The van der Waals surface area contributed by atoms with Crippen LogP contribution in [-0.2, 0) is 16.1 Å². The SMILES string of the molecule is COCC(C)NC(=O)C1CCN(Cc2ccccc2Cl)CC1. The van der Waals surface area contributed by atoms with Crippen molar-refractivity contribution in [2.45, 2.75) is 32.4 Å². The number of methoxy groups -OCH3 is 1. The van der Waals surface area contributed by atoms with Crippen LogP contribution in [0.25, 0.3) is 0 Å². The summed E-state index contributed by atoms with van der Waals surface area (Å²) in [5.41, 5.74) is 1.15. The topological polar surface area (TPSA) is 41.6 Å². The molecule has 0 saturated carbocycles. The van der Waals surface area contributed by atoms with Crippen molar-refractivity contribution in [3.63, 3.8) is 0 Å². The fourth-order valence-corrected chi connectivity index (χ4v) is 3.07. The molecule has 1 amide bonds. The highest BCUT2D eigenvalue weighted by Crippen LogP contribution is 2.22. The second-order valence-electron chi connectivity index (χ2n) is 6.01. The van der Waals surface area contributed by atoms with Gasteiger partial charge in [-0.15, -0.1) is 0 Å². The van der Waals surface area contributed by atoms with Crippen LogP contribution >= 0.6 is 11.6 Å². The summed E-state index contributed by atoms with van der Waals surface area (Å²) >= 11 is 6.21. The smallest absolute Gasteiger partial charge is 0.223 e. The molecule has 0 aromatic heterocycles. The van der Waals surface area contributed by atoms with Crippen molar-refractivity contribution in [1.82, 2.24) is 10.2 Å². The minimum atomic E-state index is 0.0682. The second-order valence-corrected chi connectivity index (χ2v) is 6.41. The van der Waals surface area contributed by atoms with E-state index in [9.17, 15) is 4.79 Å². The number of benzene rings is 1. The summed E-state index contributed by atoms with van der Waals surface area (Å²) in [6, 6.07) is 8.02. The summed E-state index contributed by atoms with van der Waals surface area (Å²) in [4.78, 5) is 14.6. The maximum absolute atomic E-state index is 12.2. The Kier molecular flexibility index (Phi) is 6.68. The summed E-state index contributed by atoms with van der Waals surface area (Å²) in [5, 5.41) is 3.84. The zero-order chi connectivity index (χ0) is 15.9. The van der Waals surface area contributed by atoms with E-state index in [0.717, 1.165) is 43.1 Å². The number of carbonyl (C=O) groups excluding carboxylic acids is 1. The Labute approximate surface area is 137 Å². The average Bonchev–Trinajstić information content (AvgIpc) is 2.50. The van der Waals surface area contributed by atoms with Gasteiger partial charge in [0.05, 0.1) is 6.61 Å². The van der Waals surface area contributed by atoms with Gasteiger partial charge >= 0.3 is 0 Å². The van der Waals surface area contributed by atoms with Gasteiger partial charge < -0.3 is 10.1 Å². The fourth-order valence-electron chi connectivity index (χ4n) is 2.87. The van der Waals surface area contributed by atoms with Gasteiger partial charge in [-0.1, -0.05) is 29.8 Å². The van der Waals surface area contributed by atoms with E-state index in [1.807, 2.05) is 25.1 Å². The first-order valence-electron chi connectivity index (χ1n) is 7.85. The molecule has 2 rings (SSSR count). The van der Waals surface area contributed by atoms with Gasteiger partial charge in [-0.3, -0.25) is 9.69 Å². The Bertz CT molecular complexity index is 487. The third-order valence-corrected chi connectivity index (χ3v) is 4.48. The van der Waals surface area contributed by atoms with Crippen LogP contribution in [0.4, 0.5) is 0 Å². The Morgan fingerprint density at radius 3 is 2.73 bits per heavy atom. The molecule has 0 aliphatic carbocycles. The van der Waals surface area contributed by atoms with Crippen molar-refractivity contribution in [3.8, 4) is 0 Å².